The number of nitrogens with zero attached hydrogens (tertiary/aromatic N) is 3. The van der Waals surface area contributed by atoms with Gasteiger partial charge in [0.1, 0.15) is 11.6 Å². The Labute approximate surface area is 121 Å². The number of hydrogen-bond donors (Lipinski definition) is 0. The fourth-order valence-corrected chi connectivity index (χ4v) is 2.79. The number of rotatable bonds is 3. The van der Waals surface area contributed by atoms with E-state index in [1.165, 1.54) is 5.56 Å². The van der Waals surface area contributed by atoms with Gasteiger partial charge in [0.25, 0.3) is 0 Å². The summed E-state index contributed by atoms with van der Waals surface area (Å²) in [6.45, 7) is 6.29. The summed E-state index contributed by atoms with van der Waals surface area (Å²) in [6.07, 6.45) is 1.90. The first-order chi connectivity index (χ1) is 9.53. The summed E-state index contributed by atoms with van der Waals surface area (Å²) < 4.78 is 2.08. The van der Waals surface area contributed by atoms with Gasteiger partial charge < -0.3 is 0 Å². The Bertz CT molecular complexity index is 603. The molecule has 1 aliphatic rings. The van der Waals surface area contributed by atoms with Crippen LogP contribution in [-0.2, 0) is 5.31 Å². The third-order valence-corrected chi connectivity index (χ3v) is 4.40. The molecule has 1 aromatic heterocycles. The summed E-state index contributed by atoms with van der Waals surface area (Å²) in [6, 6.07) is 10.8. The van der Waals surface area contributed by atoms with E-state index in [2.05, 4.69) is 42.8 Å². The predicted octanol–water partition coefficient (Wildman–Crippen LogP) is 3.17. The van der Waals surface area contributed by atoms with Crippen LogP contribution in [-0.4, -0.2) is 22.6 Å². The van der Waals surface area contributed by atoms with Crippen molar-refractivity contribution in [1.29, 1.82) is 0 Å². The van der Waals surface area contributed by atoms with Gasteiger partial charge in [-0.25, -0.2) is 9.67 Å². The number of fused-ring (bicyclic) bond motifs is 1. The van der Waals surface area contributed by atoms with E-state index in [0.717, 1.165) is 24.5 Å². The molecule has 2 radical (unpaired) electrons. The molecule has 4 heteroatoms. The molecule has 0 fully saturated rings. The summed E-state index contributed by atoms with van der Waals surface area (Å²) in [4.78, 5) is 4.72. The van der Waals surface area contributed by atoms with Crippen LogP contribution in [0.2, 0.25) is 0 Å². The van der Waals surface area contributed by atoms with Crippen LogP contribution < -0.4 is 0 Å². The monoisotopic (exact) mass is 265 g/mol. The fourth-order valence-electron chi connectivity index (χ4n) is 2.79. The molecule has 3 nitrogen and oxygen atoms in total. The van der Waals surface area contributed by atoms with E-state index in [0.29, 0.717) is 5.92 Å². The average Bonchev–Trinajstić information content (AvgIpc) is 3.01. The van der Waals surface area contributed by atoms with Gasteiger partial charge in [0.2, 0.25) is 0 Å². The van der Waals surface area contributed by atoms with E-state index in [1.54, 1.807) is 0 Å². The van der Waals surface area contributed by atoms with Gasteiger partial charge in [-0.15, -0.1) is 0 Å². The van der Waals surface area contributed by atoms with Crippen molar-refractivity contribution in [3.8, 4) is 0 Å². The molecule has 1 aromatic carbocycles. The first-order valence-electron chi connectivity index (χ1n) is 7.33. The Morgan fingerprint density at radius 1 is 1.35 bits per heavy atom. The lowest BCUT2D eigenvalue weighted by molar-refractivity contribution is 0.515. The lowest BCUT2D eigenvalue weighted by Crippen LogP contribution is -2.23. The summed E-state index contributed by atoms with van der Waals surface area (Å²) in [5, 5.41) is 4.28. The molecule has 3 rings (SSSR count). The third-order valence-electron chi connectivity index (χ3n) is 4.40. The molecule has 0 spiro atoms. The molecule has 2 heterocycles. The van der Waals surface area contributed by atoms with Crippen molar-refractivity contribution in [2.45, 2.75) is 50.9 Å². The molecule has 0 saturated heterocycles. The molecular weight excluding hydrogens is 245 g/mol. The maximum Gasteiger partial charge on any atom is 0.148 e. The number of benzene rings is 1. The molecule has 0 amide bonds. The molecule has 0 saturated carbocycles. The van der Waals surface area contributed by atoms with Crippen molar-refractivity contribution in [2.75, 3.05) is 0 Å². The van der Waals surface area contributed by atoms with E-state index in [4.69, 9.17) is 17.9 Å². The van der Waals surface area contributed by atoms with Crippen LogP contribution in [0.3, 0.4) is 0 Å². The minimum Gasteiger partial charge on any atom is -0.242 e. The molecule has 20 heavy (non-hydrogen) atoms. The van der Waals surface area contributed by atoms with Crippen LogP contribution in [0.1, 0.15) is 62.8 Å². The molecule has 3 atom stereocenters. The Morgan fingerprint density at radius 2 is 2.05 bits per heavy atom. The Balaban J connectivity index is 2.02. The van der Waals surface area contributed by atoms with E-state index >= 15 is 0 Å². The summed E-state index contributed by atoms with van der Waals surface area (Å²) >= 11 is 0. The quantitative estimate of drug-likeness (QED) is 0.798. The smallest absolute Gasteiger partial charge is 0.148 e. The highest BCUT2D eigenvalue weighted by atomic mass is 15.4. The maximum absolute atomic E-state index is 6.29. The summed E-state index contributed by atoms with van der Waals surface area (Å²) in [7, 11) is 6.29. The van der Waals surface area contributed by atoms with E-state index in [-0.39, 0.29) is 6.04 Å². The summed E-state index contributed by atoms with van der Waals surface area (Å²) in [5.74, 6) is 2.26. The molecule has 0 bridgehead atoms. The van der Waals surface area contributed by atoms with Crippen molar-refractivity contribution in [1.82, 2.24) is 14.8 Å². The van der Waals surface area contributed by atoms with Crippen molar-refractivity contribution in [3.63, 3.8) is 0 Å². The molecule has 0 N–H and O–H groups in total. The van der Waals surface area contributed by atoms with Crippen LogP contribution in [0.5, 0.6) is 0 Å². The zero-order valence-electron chi connectivity index (χ0n) is 12.4. The van der Waals surface area contributed by atoms with Gasteiger partial charge in [-0.2, -0.15) is 5.10 Å². The van der Waals surface area contributed by atoms with Gasteiger partial charge in [-0.05, 0) is 17.3 Å². The van der Waals surface area contributed by atoms with Gasteiger partial charge in [0.05, 0.1) is 13.9 Å². The van der Waals surface area contributed by atoms with Gasteiger partial charge in [-0.1, -0.05) is 57.5 Å². The minimum absolute atomic E-state index is 0.287. The van der Waals surface area contributed by atoms with Gasteiger partial charge >= 0.3 is 0 Å². The van der Waals surface area contributed by atoms with E-state index in [1.807, 2.05) is 13.0 Å². The number of aromatic nitrogens is 3. The van der Waals surface area contributed by atoms with Gasteiger partial charge in [0, 0.05) is 5.92 Å². The van der Waals surface area contributed by atoms with Crippen molar-refractivity contribution >= 4 is 7.85 Å². The van der Waals surface area contributed by atoms with E-state index in [9.17, 15) is 0 Å². The molecule has 3 unspecified atom stereocenters. The van der Waals surface area contributed by atoms with E-state index < -0.39 is 5.31 Å². The predicted molar refractivity (Wildman–Crippen MR) is 81.0 cm³/mol. The second-order valence-corrected chi connectivity index (χ2v) is 6.07. The highest BCUT2D eigenvalue weighted by Crippen LogP contribution is 2.39. The van der Waals surface area contributed by atoms with Crippen LogP contribution in [0.4, 0.5) is 0 Å². The largest absolute Gasteiger partial charge is 0.242 e. The molecular formula is C16H20BN3. The minimum atomic E-state index is -0.446. The number of hydrogen-bond acceptors (Lipinski definition) is 2. The van der Waals surface area contributed by atoms with Crippen LogP contribution in [0.15, 0.2) is 30.3 Å². The Hall–Kier alpha value is -1.58. The normalized spacial score (nSPS) is 24.4. The lowest BCUT2D eigenvalue weighted by Gasteiger charge is -2.19. The molecule has 102 valence electrons. The third kappa shape index (κ3) is 2.07. The zero-order chi connectivity index (χ0) is 14.3. The Kier molecular flexibility index (Phi) is 3.19. The van der Waals surface area contributed by atoms with Crippen LogP contribution >= 0.6 is 0 Å². The van der Waals surface area contributed by atoms with Crippen LogP contribution in [0.25, 0.3) is 0 Å². The lowest BCUT2D eigenvalue weighted by atomic mass is 9.68. The van der Waals surface area contributed by atoms with Crippen LogP contribution in [0, 0.1) is 0 Å². The fraction of sp³-hybridized carbons (Fsp3) is 0.500. The SMILES string of the molecule is [B]C(C)(CC)c1nc2n(n1)C(c1ccccc1)CC2C. The first kappa shape index (κ1) is 13.4. The highest BCUT2D eigenvalue weighted by molar-refractivity contribution is 6.15. The van der Waals surface area contributed by atoms with Gasteiger partial charge in [0.15, 0.2) is 0 Å². The average molecular weight is 265 g/mol. The van der Waals surface area contributed by atoms with Crippen molar-refractivity contribution in [3.05, 3.63) is 47.5 Å². The van der Waals surface area contributed by atoms with Crippen molar-refractivity contribution in [2.24, 2.45) is 0 Å². The van der Waals surface area contributed by atoms with Crippen molar-refractivity contribution < 1.29 is 0 Å². The molecule has 2 aromatic rings. The zero-order valence-corrected chi connectivity index (χ0v) is 12.4. The topological polar surface area (TPSA) is 30.7 Å². The second-order valence-electron chi connectivity index (χ2n) is 6.07. The summed E-state index contributed by atoms with van der Waals surface area (Å²) in [5.41, 5.74) is 1.30. The van der Waals surface area contributed by atoms with Gasteiger partial charge in [-0.3, -0.25) is 0 Å². The second kappa shape index (κ2) is 4.76. The Morgan fingerprint density at radius 3 is 2.70 bits per heavy atom. The first-order valence-corrected chi connectivity index (χ1v) is 7.33. The molecule has 1 aliphatic heterocycles. The highest BCUT2D eigenvalue weighted by Gasteiger charge is 2.35. The maximum atomic E-state index is 6.29. The molecule has 0 aliphatic carbocycles. The standard InChI is InChI=1S/C16H20BN3/c1-4-16(3,17)15-18-14-11(2)10-13(20(14)19-15)12-8-6-5-7-9-12/h5-9,11,13H,4,10H2,1-3H3.